The molecule has 12 nitrogen and oxygen atoms in total. The van der Waals surface area contributed by atoms with Crippen molar-refractivity contribution in [2.75, 3.05) is 13.1 Å². The Hall–Kier alpha value is -1.38. The summed E-state index contributed by atoms with van der Waals surface area (Å²) in [6, 6.07) is -0.251. The van der Waals surface area contributed by atoms with Gasteiger partial charge in [0.1, 0.15) is 5.60 Å². The first-order chi connectivity index (χ1) is 22.7. The first-order valence-electron chi connectivity index (χ1n) is 18.9. The van der Waals surface area contributed by atoms with Gasteiger partial charge in [0.25, 0.3) is 0 Å². The molecule has 278 valence electrons. The van der Waals surface area contributed by atoms with E-state index in [2.05, 4.69) is 11.8 Å². The highest BCUT2D eigenvalue weighted by molar-refractivity contribution is 5.79. The molecule has 0 unspecified atom stereocenters. The number of esters is 2. The summed E-state index contributed by atoms with van der Waals surface area (Å²) in [6.07, 6.45) is -2.08. The molecular formula is C37H59NO11. The Morgan fingerprint density at radius 2 is 1.76 bits per heavy atom. The molecule has 0 amide bonds. The summed E-state index contributed by atoms with van der Waals surface area (Å²) < 4.78 is 18.9. The number of hydrogen-bond donors (Lipinski definition) is 6. The van der Waals surface area contributed by atoms with E-state index >= 15 is 0 Å². The highest BCUT2D eigenvalue weighted by Crippen LogP contribution is 2.77. The molecule has 7 aliphatic rings. The fraction of sp³-hybridized carbons (Fsp3) is 0.946. The Labute approximate surface area is 289 Å². The Kier molecular flexibility index (Phi) is 8.31. The van der Waals surface area contributed by atoms with Crippen LogP contribution in [-0.4, -0.2) is 119 Å². The Bertz CT molecular complexity index is 1360. The molecule has 0 aromatic heterocycles. The van der Waals surface area contributed by atoms with E-state index in [0.29, 0.717) is 31.7 Å². The number of carbonyl (C=O) groups excluding carboxylic acids is 2. The molecule has 6 N–H and O–H groups in total. The first-order valence-corrected chi connectivity index (χ1v) is 18.9. The number of fused-ring (bicyclic) bond motifs is 5. The topological polar surface area (TPSA) is 186 Å². The van der Waals surface area contributed by atoms with Crippen LogP contribution in [0.4, 0.5) is 0 Å². The van der Waals surface area contributed by atoms with Gasteiger partial charge >= 0.3 is 11.9 Å². The van der Waals surface area contributed by atoms with E-state index in [4.69, 9.17) is 14.2 Å². The number of aliphatic hydroxyl groups excluding tert-OH is 2. The molecule has 1 spiro atoms. The maximum atomic E-state index is 13.6. The van der Waals surface area contributed by atoms with Gasteiger partial charge in [-0.1, -0.05) is 34.6 Å². The summed E-state index contributed by atoms with van der Waals surface area (Å²) in [5.41, 5.74) is -7.49. The van der Waals surface area contributed by atoms with Gasteiger partial charge in [-0.25, -0.2) is 4.79 Å². The number of rotatable bonds is 6. The first kappa shape index (κ1) is 36.0. The molecule has 4 bridgehead atoms. The van der Waals surface area contributed by atoms with Crippen molar-refractivity contribution in [3.63, 3.8) is 0 Å². The van der Waals surface area contributed by atoms with Gasteiger partial charge < -0.3 is 44.8 Å². The van der Waals surface area contributed by atoms with E-state index in [-0.39, 0.29) is 31.2 Å². The second kappa shape index (κ2) is 11.3. The molecule has 3 aliphatic heterocycles. The molecule has 0 radical (unpaired) electrons. The number of carbonyl (C=O) groups is 2. The van der Waals surface area contributed by atoms with Crippen LogP contribution in [0.15, 0.2) is 0 Å². The second-order valence-electron chi connectivity index (χ2n) is 18.0. The van der Waals surface area contributed by atoms with Crippen LogP contribution in [0.3, 0.4) is 0 Å². The zero-order chi connectivity index (χ0) is 35.9. The lowest BCUT2D eigenvalue weighted by atomic mass is 9.49. The minimum atomic E-state index is -2.05. The fourth-order valence-corrected chi connectivity index (χ4v) is 12.5. The molecule has 49 heavy (non-hydrogen) atoms. The van der Waals surface area contributed by atoms with Crippen molar-refractivity contribution in [2.24, 2.45) is 46.8 Å². The predicted molar refractivity (Wildman–Crippen MR) is 174 cm³/mol. The number of piperidine rings is 2. The lowest BCUT2D eigenvalue weighted by molar-refractivity contribution is -0.301. The zero-order valence-corrected chi connectivity index (χ0v) is 30.2. The molecule has 0 aromatic carbocycles. The number of ether oxygens (including phenoxy) is 3. The van der Waals surface area contributed by atoms with Crippen LogP contribution in [0.25, 0.3) is 0 Å². The van der Waals surface area contributed by atoms with Crippen molar-refractivity contribution in [1.82, 2.24) is 4.90 Å². The Morgan fingerprint density at radius 1 is 1.06 bits per heavy atom. The van der Waals surface area contributed by atoms with E-state index in [9.17, 15) is 40.2 Å². The second-order valence-corrected chi connectivity index (χ2v) is 18.0. The van der Waals surface area contributed by atoms with E-state index < -0.39 is 99.6 Å². The smallest absolute Gasteiger partial charge is 0.338 e. The number of aliphatic hydroxyl groups is 6. The molecule has 3 saturated heterocycles. The third-order valence-electron chi connectivity index (χ3n) is 15.4. The van der Waals surface area contributed by atoms with Crippen molar-refractivity contribution in [1.29, 1.82) is 0 Å². The molecule has 4 saturated carbocycles. The third-order valence-corrected chi connectivity index (χ3v) is 15.4. The van der Waals surface area contributed by atoms with Gasteiger partial charge in [0, 0.05) is 42.3 Å². The van der Waals surface area contributed by atoms with Gasteiger partial charge in [0.05, 0.1) is 29.3 Å². The maximum absolute atomic E-state index is 13.6. The van der Waals surface area contributed by atoms with E-state index in [0.717, 1.165) is 19.4 Å². The highest BCUT2D eigenvalue weighted by atomic mass is 16.7. The molecule has 3 heterocycles. The lowest BCUT2D eigenvalue weighted by Crippen LogP contribution is -2.77. The summed E-state index contributed by atoms with van der Waals surface area (Å²) in [4.78, 5) is 28.9. The summed E-state index contributed by atoms with van der Waals surface area (Å²) in [5, 5.41) is 73.7. The highest BCUT2D eigenvalue weighted by Gasteiger charge is 2.87. The van der Waals surface area contributed by atoms with Gasteiger partial charge in [0.15, 0.2) is 17.8 Å². The fourth-order valence-electron chi connectivity index (χ4n) is 12.5. The van der Waals surface area contributed by atoms with Crippen LogP contribution in [0.1, 0.15) is 99.8 Å². The van der Waals surface area contributed by atoms with Crippen molar-refractivity contribution < 1.29 is 54.4 Å². The Morgan fingerprint density at radius 3 is 2.41 bits per heavy atom. The Balaban J connectivity index is 1.36. The molecule has 7 fully saturated rings. The van der Waals surface area contributed by atoms with Crippen molar-refractivity contribution in [3.8, 4) is 0 Å². The van der Waals surface area contributed by atoms with Crippen LogP contribution < -0.4 is 0 Å². The summed E-state index contributed by atoms with van der Waals surface area (Å²) in [7, 11) is 0. The molecule has 0 aromatic rings. The molecule has 4 aliphatic carbocycles. The summed E-state index contributed by atoms with van der Waals surface area (Å²) in [6.45, 7) is 13.8. The average Bonchev–Trinajstić information content (AvgIpc) is 3.31. The maximum Gasteiger partial charge on any atom is 0.338 e. The minimum Gasteiger partial charge on any atom is -0.456 e. The molecule has 18 atom stereocenters. The lowest BCUT2D eigenvalue weighted by Gasteiger charge is -2.64. The largest absolute Gasteiger partial charge is 0.456 e. The van der Waals surface area contributed by atoms with Crippen molar-refractivity contribution >= 4 is 11.9 Å². The van der Waals surface area contributed by atoms with Crippen LogP contribution in [0.2, 0.25) is 0 Å². The zero-order valence-electron chi connectivity index (χ0n) is 30.2. The van der Waals surface area contributed by atoms with E-state index in [1.54, 1.807) is 20.8 Å². The van der Waals surface area contributed by atoms with Crippen LogP contribution >= 0.6 is 0 Å². The van der Waals surface area contributed by atoms with Gasteiger partial charge in [-0.05, 0) is 83.0 Å². The minimum absolute atomic E-state index is 0.0259. The number of nitrogens with zero attached hydrogens (tertiary/aromatic N) is 1. The average molecular weight is 694 g/mol. The van der Waals surface area contributed by atoms with E-state index in [1.807, 2.05) is 13.8 Å². The predicted octanol–water partition coefficient (Wildman–Crippen LogP) is 1.49. The molecule has 7 rings (SSSR count). The molecule has 12 heteroatoms. The van der Waals surface area contributed by atoms with Gasteiger partial charge in [-0.3, -0.25) is 9.69 Å². The van der Waals surface area contributed by atoms with Gasteiger partial charge in [-0.2, -0.15) is 0 Å². The summed E-state index contributed by atoms with van der Waals surface area (Å²) >= 11 is 0. The van der Waals surface area contributed by atoms with Gasteiger partial charge in [-0.15, -0.1) is 0 Å². The van der Waals surface area contributed by atoms with Crippen LogP contribution in [0.5, 0.6) is 0 Å². The standard InChI is InChI=1S/C37H59NO11/c1-8-19(4)30(41)47-25-12-13-32(5)23-14-22(39)28-35(32,49-37(23,25)46)15-21-20-17-38-16-18(3)10-11-24(38)34(7,44)26(20)27(40)29(36(21,28)45)48-31(42)33(6,43)9-2/h18-29,39-40,43-46H,8-17H2,1-7H3/t18-,19+,20-,21-,22+,23-,24+,25-,26+,27+,28-,29-,32-,33-,34+,35+,36-,37-/m0/s1. The molecular weight excluding hydrogens is 634 g/mol. The third kappa shape index (κ3) is 4.56. The van der Waals surface area contributed by atoms with Crippen molar-refractivity contribution in [3.05, 3.63) is 0 Å². The quantitative estimate of drug-likeness (QED) is 0.221. The summed E-state index contributed by atoms with van der Waals surface area (Å²) in [5.74, 6) is -7.09. The van der Waals surface area contributed by atoms with Crippen LogP contribution in [-0.2, 0) is 23.8 Å². The van der Waals surface area contributed by atoms with E-state index in [1.165, 1.54) is 6.92 Å². The monoisotopic (exact) mass is 693 g/mol. The van der Waals surface area contributed by atoms with Crippen molar-refractivity contribution in [2.45, 2.75) is 158 Å². The van der Waals surface area contributed by atoms with Gasteiger partial charge in [0.2, 0.25) is 5.79 Å². The number of hydrogen-bond acceptors (Lipinski definition) is 12. The SMILES string of the molecule is CC[C@@H](C)C(=O)O[C@H]1CC[C@@]2(C)[C@@H]3C[C@@H](O)[C@@H]4[C@@]5(O)[C@@H](C[C@@]42O[C@]13O)[C@@H]1CN2C[C@@H](C)CC[C@@H]2[C@@](C)(O)[C@H]1[C@@H](O)[C@@H]5OC(=O)[C@@](C)(O)CC. The normalized spacial score (nSPS) is 54.8. The van der Waals surface area contributed by atoms with Crippen LogP contribution in [0, 0.1) is 46.8 Å².